The Morgan fingerprint density at radius 3 is 2.74 bits per heavy atom. The molecule has 3 rings (SSSR count). The summed E-state index contributed by atoms with van der Waals surface area (Å²) in [5, 5.41) is 9.26. The normalized spacial score (nSPS) is 10.5. The van der Waals surface area contributed by atoms with E-state index < -0.39 is 0 Å². The first kappa shape index (κ1) is 11.9. The summed E-state index contributed by atoms with van der Waals surface area (Å²) in [4.78, 5) is 8.07. The number of aromatic nitrogens is 5. The minimum atomic E-state index is 0.767. The van der Waals surface area contributed by atoms with E-state index in [2.05, 4.69) is 20.2 Å². The van der Waals surface area contributed by atoms with Crippen molar-refractivity contribution in [1.29, 1.82) is 0 Å². The average Bonchev–Trinajstić information content (AvgIpc) is 3.01. The molecule has 6 heteroatoms. The highest BCUT2D eigenvalue weighted by atomic mass is 32.2. The van der Waals surface area contributed by atoms with Crippen LogP contribution in [-0.4, -0.2) is 24.7 Å². The molecule has 19 heavy (non-hydrogen) atoms. The molecule has 0 radical (unpaired) electrons. The Morgan fingerprint density at radius 1 is 1.05 bits per heavy atom. The molecule has 0 saturated carbocycles. The molecule has 5 nitrogen and oxygen atoms in total. The van der Waals surface area contributed by atoms with Crippen LogP contribution in [-0.2, 0) is 5.75 Å². The zero-order chi connectivity index (χ0) is 12.9. The van der Waals surface area contributed by atoms with Crippen LogP contribution in [0.15, 0.2) is 60.4 Å². The maximum atomic E-state index is 4.19. The second-order valence-electron chi connectivity index (χ2n) is 3.85. The van der Waals surface area contributed by atoms with Crippen LogP contribution in [0.2, 0.25) is 0 Å². The zero-order valence-electron chi connectivity index (χ0n) is 10.0. The molecule has 0 bridgehead atoms. The van der Waals surface area contributed by atoms with Crippen LogP contribution in [0.3, 0.4) is 0 Å². The van der Waals surface area contributed by atoms with Crippen molar-refractivity contribution in [2.75, 3.05) is 0 Å². The molecule has 3 aromatic rings. The third kappa shape index (κ3) is 2.97. The van der Waals surface area contributed by atoms with Crippen LogP contribution in [0, 0.1) is 0 Å². The fraction of sp³-hybridized carbons (Fsp3) is 0.0769. The summed E-state index contributed by atoms with van der Waals surface area (Å²) in [5.41, 5.74) is 1.17. The van der Waals surface area contributed by atoms with Crippen LogP contribution in [0.4, 0.5) is 0 Å². The number of rotatable bonds is 4. The van der Waals surface area contributed by atoms with E-state index in [-0.39, 0.29) is 0 Å². The molecule has 3 aromatic heterocycles. The number of thioether (sulfide) groups is 1. The highest BCUT2D eigenvalue weighted by Crippen LogP contribution is 2.19. The Kier molecular flexibility index (Phi) is 3.51. The smallest absolute Gasteiger partial charge is 0.160 e. The maximum Gasteiger partial charge on any atom is 0.160 e. The molecule has 0 aromatic carbocycles. The summed E-state index contributed by atoms with van der Waals surface area (Å²) >= 11 is 1.64. The summed E-state index contributed by atoms with van der Waals surface area (Å²) < 4.78 is 1.82. The Hall–Kier alpha value is -2.21. The van der Waals surface area contributed by atoms with Gasteiger partial charge in [0.15, 0.2) is 5.82 Å². The fourth-order valence-electron chi connectivity index (χ4n) is 1.56. The van der Waals surface area contributed by atoms with Gasteiger partial charge in [0.25, 0.3) is 0 Å². The minimum absolute atomic E-state index is 0.767. The standard InChI is InChI=1S/C13H11N5S/c1-2-11(8-14-5-1)9-19-13-4-3-12(16-17-13)18-7-6-15-10-18/h1-8,10H,9H2. The summed E-state index contributed by atoms with van der Waals surface area (Å²) in [6.07, 6.45) is 8.89. The molecule has 3 heterocycles. The average molecular weight is 269 g/mol. The largest absolute Gasteiger partial charge is 0.289 e. The molecule has 0 spiro atoms. The second-order valence-corrected chi connectivity index (χ2v) is 4.85. The van der Waals surface area contributed by atoms with Crippen molar-refractivity contribution in [2.24, 2.45) is 0 Å². The van der Waals surface area contributed by atoms with Gasteiger partial charge in [-0.25, -0.2) is 4.98 Å². The van der Waals surface area contributed by atoms with E-state index in [1.54, 1.807) is 30.5 Å². The minimum Gasteiger partial charge on any atom is -0.289 e. The molecule has 0 atom stereocenters. The van der Waals surface area contributed by atoms with Gasteiger partial charge in [-0.15, -0.1) is 10.2 Å². The third-order valence-electron chi connectivity index (χ3n) is 2.50. The Labute approximate surface area is 114 Å². The molecule has 94 valence electrons. The molecule has 0 saturated heterocycles. The lowest BCUT2D eigenvalue weighted by molar-refractivity contribution is 0.860. The van der Waals surface area contributed by atoms with Crippen LogP contribution in [0.25, 0.3) is 5.82 Å². The lowest BCUT2D eigenvalue weighted by Gasteiger charge is -2.02. The Bertz CT molecular complexity index is 622. The van der Waals surface area contributed by atoms with Crippen LogP contribution in [0.1, 0.15) is 5.56 Å². The van der Waals surface area contributed by atoms with Crippen LogP contribution >= 0.6 is 11.8 Å². The quantitative estimate of drug-likeness (QED) is 0.680. The van der Waals surface area contributed by atoms with Crippen molar-refractivity contribution < 1.29 is 0 Å². The van der Waals surface area contributed by atoms with E-state index in [0.29, 0.717) is 0 Å². The van der Waals surface area contributed by atoms with Gasteiger partial charge in [0.2, 0.25) is 0 Å². The Balaban J connectivity index is 1.67. The van der Waals surface area contributed by atoms with E-state index >= 15 is 0 Å². The van der Waals surface area contributed by atoms with E-state index in [1.165, 1.54) is 5.56 Å². The van der Waals surface area contributed by atoms with Gasteiger partial charge in [-0.1, -0.05) is 17.8 Å². The van der Waals surface area contributed by atoms with Gasteiger partial charge in [0.05, 0.1) is 0 Å². The molecular weight excluding hydrogens is 258 g/mol. The highest BCUT2D eigenvalue weighted by Gasteiger charge is 2.01. The molecular formula is C13H11N5S. The van der Waals surface area contributed by atoms with E-state index in [0.717, 1.165) is 16.6 Å². The number of imidazole rings is 1. The van der Waals surface area contributed by atoms with Crippen LogP contribution in [0.5, 0.6) is 0 Å². The summed E-state index contributed by atoms with van der Waals surface area (Å²) in [7, 11) is 0. The summed E-state index contributed by atoms with van der Waals surface area (Å²) in [6.45, 7) is 0. The highest BCUT2D eigenvalue weighted by molar-refractivity contribution is 7.98. The number of hydrogen-bond acceptors (Lipinski definition) is 5. The molecule has 0 aliphatic rings. The van der Waals surface area contributed by atoms with Crippen molar-refractivity contribution in [3.63, 3.8) is 0 Å². The number of pyridine rings is 1. The monoisotopic (exact) mass is 269 g/mol. The molecule has 0 aliphatic heterocycles. The molecule has 0 fully saturated rings. The first-order valence-corrected chi connectivity index (χ1v) is 6.74. The third-order valence-corrected chi connectivity index (χ3v) is 3.50. The van der Waals surface area contributed by atoms with E-state index in [4.69, 9.17) is 0 Å². The van der Waals surface area contributed by atoms with Gasteiger partial charge in [0.1, 0.15) is 11.4 Å². The van der Waals surface area contributed by atoms with Gasteiger partial charge in [-0.05, 0) is 23.8 Å². The molecule has 0 N–H and O–H groups in total. The lowest BCUT2D eigenvalue weighted by atomic mass is 10.3. The van der Waals surface area contributed by atoms with E-state index in [9.17, 15) is 0 Å². The first-order valence-electron chi connectivity index (χ1n) is 5.75. The van der Waals surface area contributed by atoms with E-state index in [1.807, 2.05) is 41.2 Å². The molecule has 0 aliphatic carbocycles. The fourth-order valence-corrected chi connectivity index (χ4v) is 2.31. The molecule has 0 amide bonds. The summed E-state index contributed by atoms with van der Waals surface area (Å²) in [6, 6.07) is 7.88. The predicted octanol–water partition coefficient (Wildman–Crippen LogP) is 2.35. The van der Waals surface area contributed by atoms with Crippen molar-refractivity contribution >= 4 is 11.8 Å². The van der Waals surface area contributed by atoms with Gasteiger partial charge >= 0.3 is 0 Å². The van der Waals surface area contributed by atoms with Gasteiger partial charge < -0.3 is 0 Å². The predicted molar refractivity (Wildman–Crippen MR) is 73.0 cm³/mol. The summed E-state index contributed by atoms with van der Waals surface area (Å²) in [5.74, 6) is 1.61. The van der Waals surface area contributed by atoms with Gasteiger partial charge in [-0.2, -0.15) is 0 Å². The molecule has 0 unspecified atom stereocenters. The van der Waals surface area contributed by atoms with Crippen LogP contribution < -0.4 is 0 Å². The maximum absolute atomic E-state index is 4.19. The topological polar surface area (TPSA) is 56.5 Å². The lowest BCUT2D eigenvalue weighted by Crippen LogP contribution is -1.96. The van der Waals surface area contributed by atoms with Gasteiger partial charge in [-0.3, -0.25) is 9.55 Å². The number of nitrogens with zero attached hydrogens (tertiary/aromatic N) is 5. The number of hydrogen-bond donors (Lipinski definition) is 0. The van der Waals surface area contributed by atoms with Crippen molar-refractivity contribution in [3.8, 4) is 5.82 Å². The second kappa shape index (κ2) is 5.62. The van der Waals surface area contributed by atoms with Crippen molar-refractivity contribution in [2.45, 2.75) is 10.8 Å². The van der Waals surface area contributed by atoms with Crippen molar-refractivity contribution in [1.82, 2.24) is 24.7 Å². The Morgan fingerprint density at radius 2 is 2.05 bits per heavy atom. The SMILES string of the molecule is c1cncc(CSc2ccc(-n3ccnc3)nn2)c1. The first-order chi connectivity index (χ1) is 9.42. The van der Waals surface area contributed by atoms with Crippen molar-refractivity contribution in [3.05, 3.63) is 60.9 Å². The van der Waals surface area contributed by atoms with Gasteiger partial charge in [0, 0.05) is 30.5 Å². The zero-order valence-corrected chi connectivity index (χ0v) is 10.9.